The molecule has 1 aromatic rings. The van der Waals surface area contributed by atoms with Gasteiger partial charge in [-0.25, -0.2) is 4.79 Å². The van der Waals surface area contributed by atoms with Crippen molar-refractivity contribution in [1.29, 1.82) is 0 Å². The summed E-state index contributed by atoms with van der Waals surface area (Å²) in [5.74, 6) is 0.423. The Kier molecular flexibility index (Phi) is 4.45. The molecule has 6 nitrogen and oxygen atoms in total. The number of esters is 1. The van der Waals surface area contributed by atoms with Crippen LogP contribution in [0, 0.1) is 22.0 Å². The van der Waals surface area contributed by atoms with Crippen LogP contribution < -0.4 is 4.90 Å². The zero-order valence-corrected chi connectivity index (χ0v) is 12.5. The summed E-state index contributed by atoms with van der Waals surface area (Å²) in [7, 11) is 1.26. The van der Waals surface area contributed by atoms with Gasteiger partial charge in [-0.05, 0) is 30.4 Å². The number of anilines is 1. The van der Waals surface area contributed by atoms with E-state index < -0.39 is 10.9 Å². The van der Waals surface area contributed by atoms with Crippen molar-refractivity contribution < 1.29 is 14.5 Å². The molecule has 0 radical (unpaired) electrons. The third kappa shape index (κ3) is 3.32. The number of carbonyl (C=O) groups excluding carboxylic acids is 1. The first-order valence-corrected chi connectivity index (χ1v) is 7.04. The molecule has 0 aromatic heterocycles. The smallest absolute Gasteiger partial charge is 0.338 e. The Morgan fingerprint density at radius 1 is 1.33 bits per heavy atom. The van der Waals surface area contributed by atoms with Gasteiger partial charge in [0.05, 0.1) is 17.6 Å². The summed E-state index contributed by atoms with van der Waals surface area (Å²) in [6.45, 7) is 5.89. The van der Waals surface area contributed by atoms with Gasteiger partial charge in [-0.15, -0.1) is 0 Å². The lowest BCUT2D eigenvalue weighted by Gasteiger charge is -2.36. The maximum Gasteiger partial charge on any atom is 0.338 e. The fourth-order valence-corrected chi connectivity index (χ4v) is 3.04. The number of piperidine rings is 1. The van der Waals surface area contributed by atoms with E-state index in [1.807, 2.05) is 4.90 Å². The number of nitro groups is 1. The van der Waals surface area contributed by atoms with Crippen LogP contribution in [0.5, 0.6) is 0 Å². The van der Waals surface area contributed by atoms with E-state index in [-0.39, 0.29) is 11.3 Å². The molecule has 1 saturated heterocycles. The highest BCUT2D eigenvalue weighted by molar-refractivity contribution is 5.91. The Hall–Kier alpha value is -2.11. The third-order valence-electron chi connectivity index (χ3n) is 3.80. The second-order valence-electron chi connectivity index (χ2n) is 5.80. The summed E-state index contributed by atoms with van der Waals surface area (Å²) in [6.07, 6.45) is 1.13. The van der Waals surface area contributed by atoms with Crippen molar-refractivity contribution in [3.63, 3.8) is 0 Å². The van der Waals surface area contributed by atoms with Gasteiger partial charge in [0.15, 0.2) is 0 Å². The second-order valence-corrected chi connectivity index (χ2v) is 5.80. The standard InChI is InChI=1S/C15H20N2O4/c1-10-6-11(2)9-16(8-10)13-5-4-12(15(18)21-3)7-14(13)17(19)20/h4-5,7,10-11H,6,8-9H2,1-3H3. The number of ether oxygens (including phenoxy) is 1. The van der Waals surface area contributed by atoms with Crippen LogP contribution in [-0.2, 0) is 4.74 Å². The van der Waals surface area contributed by atoms with Gasteiger partial charge in [-0.1, -0.05) is 13.8 Å². The molecule has 1 aromatic carbocycles. The Balaban J connectivity index is 2.38. The summed E-state index contributed by atoms with van der Waals surface area (Å²) < 4.78 is 4.62. The molecule has 2 rings (SSSR count). The van der Waals surface area contributed by atoms with Crippen LogP contribution in [0.15, 0.2) is 18.2 Å². The predicted molar refractivity (Wildman–Crippen MR) is 79.6 cm³/mol. The number of nitro benzene ring substituents is 1. The van der Waals surface area contributed by atoms with Crippen molar-refractivity contribution in [3.05, 3.63) is 33.9 Å². The molecule has 1 fully saturated rings. The van der Waals surface area contributed by atoms with E-state index in [2.05, 4.69) is 18.6 Å². The molecule has 1 aliphatic heterocycles. The molecule has 0 N–H and O–H groups in total. The number of carbonyl (C=O) groups is 1. The summed E-state index contributed by atoms with van der Waals surface area (Å²) in [5.41, 5.74) is 0.733. The molecular weight excluding hydrogens is 272 g/mol. The number of hydrogen-bond acceptors (Lipinski definition) is 5. The molecule has 0 aliphatic carbocycles. The zero-order valence-electron chi connectivity index (χ0n) is 12.5. The first-order chi connectivity index (χ1) is 9.92. The highest BCUT2D eigenvalue weighted by atomic mass is 16.6. The van der Waals surface area contributed by atoms with E-state index in [4.69, 9.17) is 0 Å². The normalized spacial score (nSPS) is 22.0. The fraction of sp³-hybridized carbons (Fsp3) is 0.533. The number of methoxy groups -OCH3 is 1. The maximum absolute atomic E-state index is 11.5. The summed E-state index contributed by atoms with van der Waals surface area (Å²) in [6, 6.07) is 4.53. The Labute approximate surface area is 123 Å². The van der Waals surface area contributed by atoms with Crippen molar-refractivity contribution in [2.45, 2.75) is 20.3 Å². The SMILES string of the molecule is COC(=O)c1ccc(N2CC(C)CC(C)C2)c([N+](=O)[O-])c1. The van der Waals surface area contributed by atoms with Gasteiger partial charge in [-0.3, -0.25) is 10.1 Å². The summed E-state index contributed by atoms with van der Waals surface area (Å²) in [5, 5.41) is 11.3. The average molecular weight is 292 g/mol. The molecule has 2 unspecified atom stereocenters. The average Bonchev–Trinajstić information content (AvgIpc) is 2.44. The van der Waals surface area contributed by atoms with Crippen LogP contribution >= 0.6 is 0 Å². The van der Waals surface area contributed by atoms with Crippen LogP contribution in [0.2, 0.25) is 0 Å². The van der Waals surface area contributed by atoms with Gasteiger partial charge >= 0.3 is 5.97 Å². The quantitative estimate of drug-likeness (QED) is 0.486. The first-order valence-electron chi connectivity index (χ1n) is 7.04. The van der Waals surface area contributed by atoms with E-state index in [9.17, 15) is 14.9 Å². The van der Waals surface area contributed by atoms with Crippen molar-refractivity contribution in [2.75, 3.05) is 25.1 Å². The minimum atomic E-state index is -0.565. The van der Waals surface area contributed by atoms with Crippen LogP contribution in [-0.4, -0.2) is 31.1 Å². The predicted octanol–water partition coefficient (Wildman–Crippen LogP) is 2.86. The lowest BCUT2D eigenvalue weighted by Crippen LogP contribution is -2.39. The van der Waals surface area contributed by atoms with Gasteiger partial charge in [0.1, 0.15) is 5.69 Å². The largest absolute Gasteiger partial charge is 0.465 e. The lowest BCUT2D eigenvalue weighted by atomic mass is 9.91. The molecule has 0 saturated carbocycles. The number of benzene rings is 1. The van der Waals surface area contributed by atoms with Crippen LogP contribution in [0.1, 0.15) is 30.6 Å². The number of rotatable bonds is 3. The van der Waals surface area contributed by atoms with Crippen molar-refractivity contribution in [3.8, 4) is 0 Å². The van der Waals surface area contributed by atoms with Gasteiger partial charge in [0.2, 0.25) is 0 Å². The summed E-state index contributed by atoms with van der Waals surface area (Å²) >= 11 is 0. The van der Waals surface area contributed by atoms with E-state index in [0.717, 1.165) is 19.5 Å². The molecule has 1 aliphatic rings. The zero-order chi connectivity index (χ0) is 15.6. The van der Waals surface area contributed by atoms with E-state index in [1.165, 1.54) is 13.2 Å². The van der Waals surface area contributed by atoms with Crippen molar-refractivity contribution >= 4 is 17.3 Å². The topological polar surface area (TPSA) is 72.7 Å². The van der Waals surface area contributed by atoms with Crippen LogP contribution in [0.3, 0.4) is 0 Å². The molecule has 0 bridgehead atoms. The van der Waals surface area contributed by atoms with Gasteiger partial charge in [0, 0.05) is 19.2 Å². The monoisotopic (exact) mass is 292 g/mol. The molecule has 21 heavy (non-hydrogen) atoms. The molecule has 2 atom stereocenters. The molecular formula is C15H20N2O4. The molecule has 6 heteroatoms. The van der Waals surface area contributed by atoms with Gasteiger partial charge < -0.3 is 9.64 Å². The fourth-order valence-electron chi connectivity index (χ4n) is 3.04. The molecule has 114 valence electrons. The van der Waals surface area contributed by atoms with E-state index >= 15 is 0 Å². The maximum atomic E-state index is 11.5. The number of nitrogens with zero attached hydrogens (tertiary/aromatic N) is 2. The Morgan fingerprint density at radius 2 is 1.95 bits per heavy atom. The minimum absolute atomic E-state index is 0.0424. The van der Waals surface area contributed by atoms with Crippen LogP contribution in [0.4, 0.5) is 11.4 Å². The van der Waals surface area contributed by atoms with E-state index in [1.54, 1.807) is 12.1 Å². The Morgan fingerprint density at radius 3 is 2.48 bits per heavy atom. The highest BCUT2D eigenvalue weighted by Gasteiger charge is 2.27. The number of hydrogen-bond donors (Lipinski definition) is 0. The third-order valence-corrected chi connectivity index (χ3v) is 3.80. The molecule has 1 heterocycles. The Bertz CT molecular complexity index is 549. The minimum Gasteiger partial charge on any atom is -0.465 e. The summed E-state index contributed by atoms with van der Waals surface area (Å²) in [4.78, 5) is 24.4. The van der Waals surface area contributed by atoms with Crippen molar-refractivity contribution in [1.82, 2.24) is 0 Å². The van der Waals surface area contributed by atoms with Gasteiger partial charge in [-0.2, -0.15) is 0 Å². The highest BCUT2D eigenvalue weighted by Crippen LogP contribution is 2.33. The van der Waals surface area contributed by atoms with Crippen LogP contribution in [0.25, 0.3) is 0 Å². The van der Waals surface area contributed by atoms with Gasteiger partial charge in [0.25, 0.3) is 5.69 Å². The van der Waals surface area contributed by atoms with Crippen molar-refractivity contribution in [2.24, 2.45) is 11.8 Å². The van der Waals surface area contributed by atoms with E-state index in [0.29, 0.717) is 17.5 Å². The lowest BCUT2D eigenvalue weighted by molar-refractivity contribution is -0.384. The molecule has 0 amide bonds. The second kappa shape index (κ2) is 6.11. The first kappa shape index (κ1) is 15.3. The molecule has 0 spiro atoms.